The number of carbonyl (C=O) groups excluding carboxylic acids is 2. The summed E-state index contributed by atoms with van der Waals surface area (Å²) < 4.78 is 34.5. The zero-order chi connectivity index (χ0) is 31.2. The van der Waals surface area contributed by atoms with Gasteiger partial charge in [-0.3, -0.25) is 13.9 Å². The van der Waals surface area contributed by atoms with E-state index in [2.05, 4.69) is 5.32 Å². The summed E-state index contributed by atoms with van der Waals surface area (Å²) >= 11 is 19.1. The minimum Gasteiger partial charge on any atom is -0.495 e. The Morgan fingerprint density at radius 1 is 0.976 bits per heavy atom. The second-order valence-corrected chi connectivity index (χ2v) is 13.0. The molecule has 2 atom stereocenters. The van der Waals surface area contributed by atoms with E-state index in [1.165, 1.54) is 36.3 Å². The molecule has 0 fully saturated rings. The van der Waals surface area contributed by atoms with Crippen LogP contribution in [0.4, 0.5) is 5.69 Å². The quantitative estimate of drug-likeness (QED) is 0.241. The fourth-order valence-electron chi connectivity index (χ4n) is 4.11. The summed E-state index contributed by atoms with van der Waals surface area (Å²) in [5, 5.41) is 3.73. The Kier molecular flexibility index (Phi) is 11.5. The second-order valence-electron chi connectivity index (χ2n) is 9.86. The van der Waals surface area contributed by atoms with Crippen LogP contribution in [-0.2, 0) is 26.2 Å². The number of hydrogen-bond donors (Lipinski definition) is 1. The molecule has 0 aliphatic rings. The van der Waals surface area contributed by atoms with Gasteiger partial charge in [0, 0.05) is 33.2 Å². The fourth-order valence-corrected chi connectivity index (χ4v) is 6.21. The van der Waals surface area contributed by atoms with Crippen molar-refractivity contribution in [3.63, 3.8) is 0 Å². The van der Waals surface area contributed by atoms with E-state index < -0.39 is 34.4 Å². The van der Waals surface area contributed by atoms with Crippen LogP contribution in [0.15, 0.2) is 65.6 Å². The molecule has 0 saturated carbocycles. The van der Waals surface area contributed by atoms with Crippen LogP contribution in [0.5, 0.6) is 5.75 Å². The van der Waals surface area contributed by atoms with E-state index in [1.807, 2.05) is 20.8 Å². The molecule has 0 saturated heterocycles. The normalized spacial score (nSPS) is 12.8. The molecule has 0 spiro atoms. The number of nitrogens with one attached hydrogen (secondary N) is 1. The van der Waals surface area contributed by atoms with Crippen molar-refractivity contribution in [2.24, 2.45) is 0 Å². The van der Waals surface area contributed by atoms with Gasteiger partial charge >= 0.3 is 0 Å². The highest BCUT2D eigenvalue weighted by molar-refractivity contribution is 7.92. The number of anilines is 1. The Balaban J connectivity index is 2.13. The van der Waals surface area contributed by atoms with Gasteiger partial charge in [0.1, 0.15) is 18.3 Å². The standard InChI is InChI=1S/C30H34Cl3N3O5S/c1-6-20(3)34-30(38)21(4)35(17-24-25(32)8-7-9-26(24)33)29(37)18-36(27-16-22(31)12-15-28(27)41-5)42(39,40)23-13-10-19(2)11-14-23/h7-16,20-21H,6,17-18H2,1-5H3,(H,34,38)/t20-,21+/m0/s1. The lowest BCUT2D eigenvalue weighted by atomic mass is 10.1. The van der Waals surface area contributed by atoms with Crippen molar-refractivity contribution in [1.82, 2.24) is 10.2 Å². The maximum Gasteiger partial charge on any atom is 0.264 e. The average molecular weight is 655 g/mol. The van der Waals surface area contributed by atoms with Crippen molar-refractivity contribution in [3.8, 4) is 5.75 Å². The molecule has 0 radical (unpaired) electrons. The molecular weight excluding hydrogens is 621 g/mol. The SMILES string of the molecule is CC[C@H](C)NC(=O)[C@@H](C)N(Cc1c(Cl)cccc1Cl)C(=O)CN(c1cc(Cl)ccc1OC)S(=O)(=O)c1ccc(C)cc1. The van der Waals surface area contributed by atoms with Crippen LogP contribution in [0.25, 0.3) is 0 Å². The second kappa shape index (κ2) is 14.5. The van der Waals surface area contributed by atoms with Crippen LogP contribution in [-0.4, -0.2) is 50.9 Å². The van der Waals surface area contributed by atoms with Crippen molar-refractivity contribution in [2.75, 3.05) is 18.0 Å². The number of hydrogen-bond acceptors (Lipinski definition) is 5. The third-order valence-corrected chi connectivity index (χ3v) is 9.57. The molecule has 3 aromatic carbocycles. The van der Waals surface area contributed by atoms with Crippen LogP contribution < -0.4 is 14.4 Å². The van der Waals surface area contributed by atoms with E-state index in [-0.39, 0.29) is 33.9 Å². The first kappa shape index (κ1) is 33.5. The number of amides is 2. The topological polar surface area (TPSA) is 96.0 Å². The minimum atomic E-state index is -4.31. The lowest BCUT2D eigenvalue weighted by molar-refractivity contribution is -0.139. The molecule has 42 heavy (non-hydrogen) atoms. The Morgan fingerprint density at radius 2 is 1.60 bits per heavy atom. The third kappa shape index (κ3) is 7.89. The van der Waals surface area contributed by atoms with Gasteiger partial charge in [0.2, 0.25) is 11.8 Å². The van der Waals surface area contributed by atoms with Crippen molar-refractivity contribution >= 4 is 62.3 Å². The lowest BCUT2D eigenvalue weighted by Gasteiger charge is -2.33. The number of nitrogens with zero attached hydrogens (tertiary/aromatic N) is 2. The first-order valence-electron chi connectivity index (χ1n) is 13.3. The summed E-state index contributed by atoms with van der Waals surface area (Å²) in [5.41, 5.74) is 1.35. The van der Waals surface area contributed by atoms with E-state index in [1.54, 1.807) is 43.3 Å². The van der Waals surface area contributed by atoms with Crippen LogP contribution >= 0.6 is 34.8 Å². The highest BCUT2D eigenvalue weighted by Gasteiger charge is 2.34. The molecule has 0 bridgehead atoms. The number of methoxy groups -OCH3 is 1. The fraction of sp³-hybridized carbons (Fsp3) is 0.333. The summed E-state index contributed by atoms with van der Waals surface area (Å²) in [4.78, 5) is 28.6. The van der Waals surface area contributed by atoms with Crippen LogP contribution in [0.3, 0.4) is 0 Å². The van der Waals surface area contributed by atoms with E-state index in [0.717, 1.165) is 9.87 Å². The molecule has 1 N–H and O–H groups in total. The van der Waals surface area contributed by atoms with Gasteiger partial charge in [-0.15, -0.1) is 0 Å². The van der Waals surface area contributed by atoms with E-state index in [0.29, 0.717) is 22.0 Å². The highest BCUT2D eigenvalue weighted by Crippen LogP contribution is 2.35. The summed E-state index contributed by atoms with van der Waals surface area (Å²) in [5.74, 6) is -0.893. The van der Waals surface area contributed by atoms with Gasteiger partial charge in [0.25, 0.3) is 10.0 Å². The molecule has 0 aliphatic carbocycles. The van der Waals surface area contributed by atoms with Gasteiger partial charge in [0.15, 0.2) is 0 Å². The van der Waals surface area contributed by atoms with Crippen LogP contribution in [0.2, 0.25) is 15.1 Å². The summed E-state index contributed by atoms with van der Waals surface area (Å²) in [7, 11) is -2.93. The van der Waals surface area contributed by atoms with Crippen LogP contribution in [0, 0.1) is 6.92 Å². The number of ether oxygens (including phenoxy) is 1. The lowest BCUT2D eigenvalue weighted by Crippen LogP contribution is -2.52. The predicted molar refractivity (Wildman–Crippen MR) is 168 cm³/mol. The molecule has 8 nitrogen and oxygen atoms in total. The summed E-state index contributed by atoms with van der Waals surface area (Å²) in [6.45, 7) is 6.37. The number of benzene rings is 3. The van der Waals surface area contributed by atoms with Gasteiger partial charge in [-0.25, -0.2) is 8.42 Å². The molecule has 3 rings (SSSR count). The predicted octanol–water partition coefficient (Wildman–Crippen LogP) is 6.49. The molecule has 226 valence electrons. The zero-order valence-corrected chi connectivity index (χ0v) is 27.1. The van der Waals surface area contributed by atoms with E-state index in [4.69, 9.17) is 39.5 Å². The molecule has 0 unspecified atom stereocenters. The Labute approximate surface area is 262 Å². The molecule has 3 aromatic rings. The van der Waals surface area contributed by atoms with Crippen molar-refractivity contribution in [2.45, 2.75) is 57.6 Å². The summed E-state index contributed by atoms with van der Waals surface area (Å²) in [6.07, 6.45) is 0.680. The number of carbonyl (C=O) groups is 2. The molecule has 0 heterocycles. The maximum atomic E-state index is 14.2. The Morgan fingerprint density at radius 3 is 2.17 bits per heavy atom. The van der Waals surface area contributed by atoms with Crippen LogP contribution in [0.1, 0.15) is 38.3 Å². The smallest absolute Gasteiger partial charge is 0.264 e. The minimum absolute atomic E-state index is 0.0359. The van der Waals surface area contributed by atoms with Gasteiger partial charge < -0.3 is 15.0 Å². The van der Waals surface area contributed by atoms with Crippen molar-refractivity contribution in [1.29, 1.82) is 0 Å². The number of halogens is 3. The Bertz CT molecular complexity index is 1510. The number of aryl methyl sites for hydroxylation is 1. The molecular formula is C30H34Cl3N3O5S. The molecule has 0 aromatic heterocycles. The number of sulfonamides is 1. The van der Waals surface area contributed by atoms with Gasteiger partial charge in [-0.2, -0.15) is 0 Å². The molecule has 0 aliphatic heterocycles. The maximum absolute atomic E-state index is 14.2. The number of rotatable bonds is 12. The van der Waals surface area contributed by atoms with Crippen molar-refractivity contribution < 1.29 is 22.7 Å². The first-order valence-corrected chi connectivity index (χ1v) is 15.8. The zero-order valence-electron chi connectivity index (χ0n) is 24.0. The largest absolute Gasteiger partial charge is 0.495 e. The van der Waals surface area contributed by atoms with E-state index in [9.17, 15) is 18.0 Å². The van der Waals surface area contributed by atoms with Gasteiger partial charge in [-0.1, -0.05) is 65.5 Å². The molecule has 12 heteroatoms. The van der Waals surface area contributed by atoms with Crippen molar-refractivity contribution in [3.05, 3.63) is 86.9 Å². The highest BCUT2D eigenvalue weighted by atomic mass is 35.5. The van der Waals surface area contributed by atoms with Gasteiger partial charge in [-0.05, 0) is 69.7 Å². The molecule has 2 amide bonds. The average Bonchev–Trinajstić information content (AvgIpc) is 2.95. The first-order chi connectivity index (χ1) is 19.8. The summed E-state index contributed by atoms with van der Waals surface area (Å²) in [6, 6.07) is 14.5. The Hall–Kier alpha value is -2.98. The monoisotopic (exact) mass is 653 g/mol. The third-order valence-electron chi connectivity index (χ3n) is 6.86. The van der Waals surface area contributed by atoms with E-state index >= 15 is 0 Å². The van der Waals surface area contributed by atoms with Gasteiger partial charge in [0.05, 0.1) is 17.7 Å².